The standard InChI is InChI=1S/C13H19ClN2/c1-10-11(14)5-4-6-12(10)16-8-7-15-13(2,3)9-16/h4-6,15H,7-9H2,1-3H3. The van der Waals surface area contributed by atoms with E-state index in [1.54, 1.807) is 0 Å². The zero-order chi connectivity index (χ0) is 11.8. The first kappa shape index (κ1) is 11.7. The van der Waals surface area contributed by atoms with Crippen molar-refractivity contribution in [2.24, 2.45) is 0 Å². The largest absolute Gasteiger partial charge is 0.368 e. The molecule has 0 aromatic heterocycles. The number of piperazine rings is 1. The topological polar surface area (TPSA) is 15.3 Å². The van der Waals surface area contributed by atoms with Gasteiger partial charge in [0.2, 0.25) is 0 Å². The summed E-state index contributed by atoms with van der Waals surface area (Å²) in [5.74, 6) is 0. The molecule has 0 amide bonds. The van der Waals surface area contributed by atoms with E-state index in [2.05, 4.69) is 37.1 Å². The van der Waals surface area contributed by atoms with Crippen LogP contribution in [-0.4, -0.2) is 25.2 Å². The molecule has 0 saturated carbocycles. The van der Waals surface area contributed by atoms with Crippen LogP contribution < -0.4 is 10.2 Å². The van der Waals surface area contributed by atoms with Gasteiger partial charge in [-0.2, -0.15) is 0 Å². The monoisotopic (exact) mass is 238 g/mol. The molecule has 1 aliphatic heterocycles. The minimum atomic E-state index is 0.174. The minimum absolute atomic E-state index is 0.174. The lowest BCUT2D eigenvalue weighted by molar-refractivity contribution is 0.353. The molecule has 1 heterocycles. The quantitative estimate of drug-likeness (QED) is 0.810. The van der Waals surface area contributed by atoms with E-state index < -0.39 is 0 Å². The first-order valence-electron chi connectivity index (χ1n) is 5.75. The molecule has 0 bridgehead atoms. The molecule has 0 radical (unpaired) electrons. The smallest absolute Gasteiger partial charge is 0.0455 e. The normalized spacial score (nSPS) is 19.9. The Morgan fingerprint density at radius 1 is 1.38 bits per heavy atom. The van der Waals surface area contributed by atoms with Crippen molar-refractivity contribution in [3.8, 4) is 0 Å². The van der Waals surface area contributed by atoms with E-state index in [0.717, 1.165) is 24.7 Å². The third-order valence-electron chi connectivity index (χ3n) is 3.15. The van der Waals surface area contributed by atoms with Crippen LogP contribution in [-0.2, 0) is 0 Å². The fraction of sp³-hybridized carbons (Fsp3) is 0.538. The van der Waals surface area contributed by atoms with Crippen LogP contribution in [0.2, 0.25) is 5.02 Å². The van der Waals surface area contributed by atoms with Crippen LogP contribution in [0.5, 0.6) is 0 Å². The Kier molecular flexibility index (Phi) is 3.13. The van der Waals surface area contributed by atoms with Crippen LogP contribution in [0.4, 0.5) is 5.69 Å². The van der Waals surface area contributed by atoms with Crippen LogP contribution in [0, 0.1) is 6.92 Å². The van der Waals surface area contributed by atoms with Gasteiger partial charge in [0.25, 0.3) is 0 Å². The number of hydrogen-bond donors (Lipinski definition) is 1. The summed E-state index contributed by atoms with van der Waals surface area (Å²) in [5.41, 5.74) is 2.62. The molecular weight excluding hydrogens is 220 g/mol. The van der Waals surface area contributed by atoms with Gasteiger partial charge in [0.15, 0.2) is 0 Å². The van der Waals surface area contributed by atoms with Crippen molar-refractivity contribution in [1.29, 1.82) is 0 Å². The van der Waals surface area contributed by atoms with Gasteiger partial charge in [0.05, 0.1) is 0 Å². The molecule has 1 aromatic rings. The Bertz CT molecular complexity index is 388. The molecule has 0 unspecified atom stereocenters. The molecule has 1 N–H and O–H groups in total. The summed E-state index contributed by atoms with van der Waals surface area (Å²) >= 11 is 6.16. The second-order valence-corrected chi connectivity index (χ2v) is 5.52. The zero-order valence-corrected chi connectivity index (χ0v) is 10.9. The van der Waals surface area contributed by atoms with Crippen molar-refractivity contribution in [1.82, 2.24) is 5.32 Å². The third-order valence-corrected chi connectivity index (χ3v) is 3.56. The Morgan fingerprint density at radius 2 is 2.12 bits per heavy atom. The van der Waals surface area contributed by atoms with Crippen molar-refractivity contribution in [2.75, 3.05) is 24.5 Å². The molecule has 2 rings (SSSR count). The van der Waals surface area contributed by atoms with Gasteiger partial charge in [0.1, 0.15) is 0 Å². The summed E-state index contributed by atoms with van der Waals surface area (Å²) in [6.07, 6.45) is 0. The summed E-state index contributed by atoms with van der Waals surface area (Å²) in [6.45, 7) is 9.66. The van der Waals surface area contributed by atoms with E-state index in [1.807, 2.05) is 12.1 Å². The van der Waals surface area contributed by atoms with E-state index in [0.29, 0.717) is 0 Å². The zero-order valence-electron chi connectivity index (χ0n) is 10.2. The fourth-order valence-corrected chi connectivity index (χ4v) is 2.46. The first-order valence-corrected chi connectivity index (χ1v) is 6.12. The number of benzene rings is 1. The average Bonchev–Trinajstić information content (AvgIpc) is 2.20. The van der Waals surface area contributed by atoms with Crippen molar-refractivity contribution in [2.45, 2.75) is 26.3 Å². The highest BCUT2D eigenvalue weighted by atomic mass is 35.5. The number of nitrogens with one attached hydrogen (secondary N) is 1. The lowest BCUT2D eigenvalue weighted by Gasteiger charge is -2.41. The number of halogens is 1. The molecule has 1 aromatic carbocycles. The molecular formula is C13H19ClN2. The van der Waals surface area contributed by atoms with Crippen LogP contribution in [0.1, 0.15) is 19.4 Å². The summed E-state index contributed by atoms with van der Waals surface area (Å²) in [6, 6.07) is 6.13. The maximum atomic E-state index is 6.16. The van der Waals surface area contributed by atoms with Gasteiger partial charge >= 0.3 is 0 Å². The summed E-state index contributed by atoms with van der Waals surface area (Å²) in [4.78, 5) is 2.41. The number of anilines is 1. The Morgan fingerprint density at radius 3 is 2.81 bits per heavy atom. The van der Waals surface area contributed by atoms with E-state index in [4.69, 9.17) is 11.6 Å². The summed E-state index contributed by atoms with van der Waals surface area (Å²) < 4.78 is 0. The van der Waals surface area contributed by atoms with Gasteiger partial charge in [-0.1, -0.05) is 17.7 Å². The van der Waals surface area contributed by atoms with Crippen molar-refractivity contribution in [3.63, 3.8) is 0 Å². The van der Waals surface area contributed by atoms with E-state index in [1.165, 1.54) is 11.3 Å². The van der Waals surface area contributed by atoms with Crippen LogP contribution in [0.25, 0.3) is 0 Å². The minimum Gasteiger partial charge on any atom is -0.368 e. The number of nitrogens with zero attached hydrogens (tertiary/aromatic N) is 1. The molecule has 2 nitrogen and oxygen atoms in total. The van der Waals surface area contributed by atoms with E-state index >= 15 is 0 Å². The highest BCUT2D eigenvalue weighted by molar-refractivity contribution is 6.31. The Labute approximate surface area is 103 Å². The fourth-order valence-electron chi connectivity index (χ4n) is 2.29. The molecule has 0 aliphatic carbocycles. The van der Waals surface area contributed by atoms with Crippen molar-refractivity contribution in [3.05, 3.63) is 28.8 Å². The maximum absolute atomic E-state index is 6.16. The van der Waals surface area contributed by atoms with Crippen molar-refractivity contribution >= 4 is 17.3 Å². The predicted molar refractivity (Wildman–Crippen MR) is 70.5 cm³/mol. The summed E-state index contributed by atoms with van der Waals surface area (Å²) in [5, 5.41) is 4.37. The van der Waals surface area contributed by atoms with Gasteiger partial charge in [-0.15, -0.1) is 0 Å². The van der Waals surface area contributed by atoms with Gasteiger partial charge in [-0.3, -0.25) is 0 Å². The molecule has 88 valence electrons. The number of hydrogen-bond acceptors (Lipinski definition) is 2. The highest BCUT2D eigenvalue weighted by Gasteiger charge is 2.26. The highest BCUT2D eigenvalue weighted by Crippen LogP contribution is 2.28. The Hall–Kier alpha value is -0.730. The van der Waals surface area contributed by atoms with Gasteiger partial charge in [0, 0.05) is 35.9 Å². The van der Waals surface area contributed by atoms with Gasteiger partial charge < -0.3 is 10.2 Å². The maximum Gasteiger partial charge on any atom is 0.0455 e. The molecule has 16 heavy (non-hydrogen) atoms. The second kappa shape index (κ2) is 4.27. The molecule has 1 saturated heterocycles. The van der Waals surface area contributed by atoms with Crippen LogP contribution in [0.15, 0.2) is 18.2 Å². The lowest BCUT2D eigenvalue weighted by Crippen LogP contribution is -2.57. The average molecular weight is 239 g/mol. The second-order valence-electron chi connectivity index (χ2n) is 5.12. The van der Waals surface area contributed by atoms with Gasteiger partial charge in [-0.25, -0.2) is 0 Å². The Balaban J connectivity index is 2.27. The van der Waals surface area contributed by atoms with E-state index in [9.17, 15) is 0 Å². The molecule has 1 fully saturated rings. The summed E-state index contributed by atoms with van der Waals surface area (Å²) in [7, 11) is 0. The van der Waals surface area contributed by atoms with E-state index in [-0.39, 0.29) is 5.54 Å². The van der Waals surface area contributed by atoms with Gasteiger partial charge in [-0.05, 0) is 38.5 Å². The molecule has 1 aliphatic rings. The number of rotatable bonds is 1. The molecule has 3 heteroatoms. The van der Waals surface area contributed by atoms with Crippen LogP contribution >= 0.6 is 11.6 Å². The SMILES string of the molecule is Cc1c(Cl)cccc1N1CCNC(C)(C)C1. The molecule has 0 spiro atoms. The van der Waals surface area contributed by atoms with Crippen LogP contribution in [0.3, 0.4) is 0 Å². The van der Waals surface area contributed by atoms with Crippen molar-refractivity contribution < 1.29 is 0 Å². The first-order chi connectivity index (χ1) is 7.49. The third kappa shape index (κ3) is 2.33. The predicted octanol–water partition coefficient (Wildman–Crippen LogP) is 2.84. The molecule has 0 atom stereocenters. The lowest BCUT2D eigenvalue weighted by atomic mass is 10.0.